The van der Waals surface area contributed by atoms with Crippen LogP contribution in [0.25, 0.3) is 115 Å². The number of nitrogens with zero attached hydrogens (tertiary/aromatic N) is 3. The fraction of sp³-hybridized carbons (Fsp3) is 0. The molecule has 0 fully saturated rings. The van der Waals surface area contributed by atoms with Crippen LogP contribution in [0.5, 0.6) is 0 Å². The molecular formula is C50H29N3O. The Labute approximate surface area is 309 Å². The molecule has 0 aliphatic carbocycles. The fourth-order valence-corrected chi connectivity index (χ4v) is 8.80. The third-order valence-electron chi connectivity index (χ3n) is 11.2. The van der Waals surface area contributed by atoms with Gasteiger partial charge in [-0.05, 0) is 79.8 Å². The quantitative estimate of drug-likeness (QED) is 0.186. The van der Waals surface area contributed by atoms with Crippen molar-refractivity contribution in [1.82, 2.24) is 14.5 Å². The monoisotopic (exact) mass is 687 g/mol. The lowest BCUT2D eigenvalue weighted by Crippen LogP contribution is -2.03. The molecule has 250 valence electrons. The molecule has 0 amide bonds. The summed E-state index contributed by atoms with van der Waals surface area (Å²) in [6.45, 7) is 0. The van der Waals surface area contributed by atoms with Crippen molar-refractivity contribution in [1.29, 1.82) is 0 Å². The minimum Gasteiger partial charge on any atom is -0.456 e. The molecule has 4 heteroatoms. The topological polar surface area (TPSA) is 43.9 Å². The Morgan fingerprint density at radius 3 is 1.93 bits per heavy atom. The molecule has 0 radical (unpaired) electrons. The van der Waals surface area contributed by atoms with Crippen molar-refractivity contribution in [2.45, 2.75) is 0 Å². The van der Waals surface area contributed by atoms with Crippen molar-refractivity contribution < 1.29 is 4.42 Å². The van der Waals surface area contributed by atoms with Crippen LogP contribution in [-0.4, -0.2) is 14.5 Å². The molecule has 0 unspecified atom stereocenters. The third-order valence-corrected chi connectivity index (χ3v) is 11.2. The molecule has 3 aromatic heterocycles. The number of hydrogen-bond donors (Lipinski definition) is 0. The molecule has 3 heterocycles. The van der Waals surface area contributed by atoms with Gasteiger partial charge in [-0.3, -0.25) is 4.57 Å². The summed E-state index contributed by atoms with van der Waals surface area (Å²) in [7, 11) is 0. The van der Waals surface area contributed by atoms with Crippen LogP contribution in [0, 0.1) is 0 Å². The lowest BCUT2D eigenvalue weighted by molar-refractivity contribution is 0.669. The van der Waals surface area contributed by atoms with Gasteiger partial charge in [-0.15, -0.1) is 0 Å². The van der Waals surface area contributed by atoms with E-state index in [2.05, 4.69) is 168 Å². The number of fused-ring (bicyclic) bond motifs is 12. The highest BCUT2D eigenvalue weighted by atomic mass is 16.3. The smallest absolute Gasteiger partial charge is 0.235 e. The van der Waals surface area contributed by atoms with Gasteiger partial charge in [0, 0.05) is 32.5 Å². The van der Waals surface area contributed by atoms with Crippen LogP contribution in [0.4, 0.5) is 0 Å². The summed E-state index contributed by atoms with van der Waals surface area (Å²) in [5.41, 5.74) is 9.02. The van der Waals surface area contributed by atoms with Crippen LogP contribution in [-0.2, 0) is 0 Å². The Kier molecular flexibility index (Phi) is 6.02. The largest absolute Gasteiger partial charge is 0.456 e. The van der Waals surface area contributed by atoms with Gasteiger partial charge >= 0.3 is 0 Å². The first kappa shape index (κ1) is 29.3. The summed E-state index contributed by atoms with van der Waals surface area (Å²) in [5.74, 6) is 0.630. The van der Waals surface area contributed by atoms with E-state index in [0.29, 0.717) is 5.95 Å². The van der Waals surface area contributed by atoms with Crippen LogP contribution in [0.15, 0.2) is 180 Å². The van der Waals surface area contributed by atoms with Crippen molar-refractivity contribution in [3.8, 4) is 28.3 Å². The number of benzene rings is 9. The van der Waals surface area contributed by atoms with Gasteiger partial charge in [0.25, 0.3) is 0 Å². The molecule has 0 saturated carbocycles. The van der Waals surface area contributed by atoms with Gasteiger partial charge in [0.15, 0.2) is 0 Å². The van der Waals surface area contributed by atoms with Crippen molar-refractivity contribution >= 4 is 87.0 Å². The van der Waals surface area contributed by atoms with Crippen molar-refractivity contribution in [2.75, 3.05) is 0 Å². The zero-order chi connectivity index (χ0) is 35.3. The lowest BCUT2D eigenvalue weighted by Gasteiger charge is -2.14. The maximum Gasteiger partial charge on any atom is 0.235 e. The maximum atomic E-state index is 6.52. The van der Waals surface area contributed by atoms with E-state index in [9.17, 15) is 0 Å². The molecule has 9 aromatic carbocycles. The van der Waals surface area contributed by atoms with E-state index in [1.165, 1.54) is 43.4 Å². The van der Waals surface area contributed by atoms with E-state index in [0.717, 1.165) is 65.9 Å². The van der Waals surface area contributed by atoms with Crippen LogP contribution >= 0.6 is 0 Å². The predicted molar refractivity (Wildman–Crippen MR) is 225 cm³/mol. The molecule has 0 aliphatic heterocycles. The van der Waals surface area contributed by atoms with Gasteiger partial charge in [-0.2, -0.15) is 0 Å². The summed E-state index contributed by atoms with van der Waals surface area (Å²) < 4.78 is 8.77. The molecule has 12 rings (SSSR count). The van der Waals surface area contributed by atoms with E-state index in [4.69, 9.17) is 14.4 Å². The van der Waals surface area contributed by atoms with Gasteiger partial charge in [-0.25, -0.2) is 9.97 Å². The summed E-state index contributed by atoms with van der Waals surface area (Å²) >= 11 is 0. The molecule has 54 heavy (non-hydrogen) atoms. The molecule has 0 N–H and O–H groups in total. The average Bonchev–Trinajstić information content (AvgIpc) is 3.78. The summed E-state index contributed by atoms with van der Waals surface area (Å²) in [5, 5.41) is 12.7. The highest BCUT2D eigenvalue weighted by Gasteiger charge is 2.22. The predicted octanol–water partition coefficient (Wildman–Crippen LogP) is 13.4. The van der Waals surface area contributed by atoms with E-state index in [-0.39, 0.29) is 0 Å². The summed E-state index contributed by atoms with van der Waals surface area (Å²) in [6, 6.07) is 62.5. The minimum atomic E-state index is 0.630. The SMILES string of the molecule is c1ccc2c(-c3ccc4c(c3)c3c5ccccc5ccc3n4-c3nc(-c4cc5oc6ccccc6c5c5ccccc45)c4ccccc4n3)cccc2c1. The van der Waals surface area contributed by atoms with Crippen molar-refractivity contribution in [3.63, 3.8) is 0 Å². The van der Waals surface area contributed by atoms with Gasteiger partial charge < -0.3 is 4.42 Å². The van der Waals surface area contributed by atoms with E-state index >= 15 is 0 Å². The first-order valence-corrected chi connectivity index (χ1v) is 18.3. The molecule has 0 bridgehead atoms. The lowest BCUT2D eigenvalue weighted by atomic mass is 9.96. The van der Waals surface area contributed by atoms with Gasteiger partial charge in [0.2, 0.25) is 5.95 Å². The summed E-state index contributed by atoms with van der Waals surface area (Å²) in [6.07, 6.45) is 0. The van der Waals surface area contributed by atoms with Gasteiger partial charge in [0.05, 0.1) is 22.2 Å². The van der Waals surface area contributed by atoms with Crippen molar-refractivity contribution in [3.05, 3.63) is 176 Å². The average molecular weight is 688 g/mol. The number of rotatable bonds is 3. The van der Waals surface area contributed by atoms with Crippen molar-refractivity contribution in [2.24, 2.45) is 0 Å². The molecule has 4 nitrogen and oxygen atoms in total. The first-order chi connectivity index (χ1) is 26.8. The third kappa shape index (κ3) is 4.13. The first-order valence-electron chi connectivity index (χ1n) is 18.3. The zero-order valence-electron chi connectivity index (χ0n) is 29.0. The van der Waals surface area contributed by atoms with Gasteiger partial charge in [0.1, 0.15) is 11.2 Å². The Bertz CT molecular complexity index is 3510. The van der Waals surface area contributed by atoms with Crippen LogP contribution in [0.2, 0.25) is 0 Å². The summed E-state index contributed by atoms with van der Waals surface area (Å²) in [4.78, 5) is 10.8. The minimum absolute atomic E-state index is 0.630. The molecular weight excluding hydrogens is 659 g/mol. The molecule has 0 saturated heterocycles. The Hall–Kier alpha value is -7.30. The number of aromatic nitrogens is 3. The highest BCUT2D eigenvalue weighted by Crippen LogP contribution is 2.43. The van der Waals surface area contributed by atoms with E-state index in [1.54, 1.807) is 0 Å². The normalized spacial score (nSPS) is 12.1. The van der Waals surface area contributed by atoms with E-state index in [1.807, 2.05) is 12.1 Å². The second kappa shape index (κ2) is 11.1. The fourth-order valence-electron chi connectivity index (χ4n) is 8.80. The molecule has 0 spiro atoms. The van der Waals surface area contributed by atoms with Crippen LogP contribution < -0.4 is 0 Å². The second-order valence-electron chi connectivity index (χ2n) is 14.1. The van der Waals surface area contributed by atoms with Crippen LogP contribution in [0.3, 0.4) is 0 Å². The van der Waals surface area contributed by atoms with Gasteiger partial charge in [-0.1, -0.05) is 140 Å². The molecule has 0 aliphatic rings. The number of hydrogen-bond acceptors (Lipinski definition) is 3. The maximum absolute atomic E-state index is 6.52. The molecule has 0 atom stereocenters. The Morgan fingerprint density at radius 2 is 1.06 bits per heavy atom. The Balaban J connectivity index is 1.18. The highest BCUT2D eigenvalue weighted by molar-refractivity contribution is 6.24. The number of furan rings is 1. The number of para-hydroxylation sites is 2. The standard InChI is InChI=1S/C50H29N3O/c1-3-15-33-30(12-1)14-11-21-34(33)32-25-26-43-41(28-32)47-35-16-4-2-13-31(35)24-27-44(47)53(43)50-51-42-22-9-7-19-38(42)49(52-50)40-29-46-48(37-18-6-5-17-36(37)40)39-20-8-10-23-45(39)54-46/h1-29H. The zero-order valence-corrected chi connectivity index (χ0v) is 29.0. The molecule has 12 aromatic rings. The van der Waals surface area contributed by atoms with E-state index < -0.39 is 0 Å². The van der Waals surface area contributed by atoms with Crippen LogP contribution in [0.1, 0.15) is 0 Å². The Morgan fingerprint density at radius 1 is 0.389 bits per heavy atom. The second-order valence-corrected chi connectivity index (χ2v) is 14.1.